The highest BCUT2D eigenvalue weighted by Gasteiger charge is 2.28. The number of carbonyl (C=O) groups excluding carboxylic acids is 1. The SMILES string of the molecule is CC(Oc1cccc(Br)c1)C(=O)N1CCCc2c(N)cccc21. The Morgan fingerprint density at radius 1 is 1.30 bits per heavy atom. The molecule has 1 heterocycles. The van der Waals surface area contributed by atoms with Crippen LogP contribution in [0, 0.1) is 0 Å². The summed E-state index contributed by atoms with van der Waals surface area (Å²) < 4.78 is 6.72. The van der Waals surface area contributed by atoms with Gasteiger partial charge in [0.2, 0.25) is 0 Å². The number of fused-ring (bicyclic) bond motifs is 1. The van der Waals surface area contributed by atoms with Crippen molar-refractivity contribution in [1.82, 2.24) is 0 Å². The number of amides is 1. The predicted molar refractivity (Wildman–Crippen MR) is 95.8 cm³/mol. The first-order valence-corrected chi connectivity index (χ1v) is 8.46. The average Bonchev–Trinajstić information content (AvgIpc) is 2.54. The largest absolute Gasteiger partial charge is 0.481 e. The van der Waals surface area contributed by atoms with E-state index in [9.17, 15) is 4.79 Å². The molecule has 2 aromatic rings. The number of halogens is 1. The third kappa shape index (κ3) is 3.34. The maximum atomic E-state index is 12.8. The molecule has 4 nitrogen and oxygen atoms in total. The van der Waals surface area contributed by atoms with Crippen LogP contribution in [0.2, 0.25) is 0 Å². The predicted octanol–water partition coefficient (Wildman–Crippen LogP) is 3.78. The van der Waals surface area contributed by atoms with Crippen molar-refractivity contribution < 1.29 is 9.53 Å². The quantitative estimate of drug-likeness (QED) is 0.831. The van der Waals surface area contributed by atoms with Crippen LogP contribution in [-0.4, -0.2) is 18.6 Å². The molecule has 23 heavy (non-hydrogen) atoms. The Balaban J connectivity index is 1.80. The third-order valence-corrected chi connectivity index (χ3v) is 4.50. The Labute approximate surface area is 144 Å². The molecule has 0 spiro atoms. The fourth-order valence-electron chi connectivity index (χ4n) is 2.89. The molecule has 1 amide bonds. The summed E-state index contributed by atoms with van der Waals surface area (Å²) in [5.41, 5.74) is 8.76. The lowest BCUT2D eigenvalue weighted by Crippen LogP contribution is -2.43. The number of hydrogen-bond acceptors (Lipinski definition) is 3. The minimum atomic E-state index is -0.559. The highest BCUT2D eigenvalue weighted by molar-refractivity contribution is 9.10. The third-order valence-electron chi connectivity index (χ3n) is 4.01. The van der Waals surface area contributed by atoms with Crippen molar-refractivity contribution in [1.29, 1.82) is 0 Å². The van der Waals surface area contributed by atoms with Crippen molar-refractivity contribution in [3.63, 3.8) is 0 Å². The van der Waals surface area contributed by atoms with Crippen molar-refractivity contribution >= 4 is 33.2 Å². The van der Waals surface area contributed by atoms with Crippen LogP contribution in [0.15, 0.2) is 46.9 Å². The molecule has 1 atom stereocenters. The van der Waals surface area contributed by atoms with Crippen LogP contribution >= 0.6 is 15.9 Å². The van der Waals surface area contributed by atoms with Gasteiger partial charge in [0.15, 0.2) is 6.10 Å². The molecule has 120 valence electrons. The number of benzene rings is 2. The van der Waals surface area contributed by atoms with E-state index in [1.807, 2.05) is 42.5 Å². The summed E-state index contributed by atoms with van der Waals surface area (Å²) in [6, 6.07) is 13.2. The van der Waals surface area contributed by atoms with Gasteiger partial charge in [0.25, 0.3) is 5.91 Å². The number of nitrogens with zero attached hydrogens (tertiary/aromatic N) is 1. The molecule has 1 aliphatic rings. The van der Waals surface area contributed by atoms with Crippen LogP contribution in [-0.2, 0) is 11.2 Å². The van der Waals surface area contributed by atoms with Crippen LogP contribution in [0.4, 0.5) is 11.4 Å². The van der Waals surface area contributed by atoms with Gasteiger partial charge in [0, 0.05) is 22.4 Å². The molecule has 1 unspecified atom stereocenters. The van der Waals surface area contributed by atoms with Crippen LogP contribution in [0.5, 0.6) is 5.75 Å². The van der Waals surface area contributed by atoms with Crippen LogP contribution in [0.25, 0.3) is 0 Å². The molecule has 3 rings (SSSR count). The van der Waals surface area contributed by atoms with Gasteiger partial charge >= 0.3 is 0 Å². The van der Waals surface area contributed by atoms with Gasteiger partial charge in [0.05, 0.1) is 0 Å². The normalized spacial score (nSPS) is 15.0. The molecule has 0 fully saturated rings. The summed E-state index contributed by atoms with van der Waals surface area (Å²) >= 11 is 3.41. The van der Waals surface area contributed by atoms with E-state index in [1.165, 1.54) is 0 Å². The number of hydrogen-bond donors (Lipinski definition) is 1. The summed E-state index contributed by atoms with van der Waals surface area (Å²) in [4.78, 5) is 14.6. The van der Waals surface area contributed by atoms with E-state index >= 15 is 0 Å². The second kappa shape index (κ2) is 6.62. The van der Waals surface area contributed by atoms with Crippen molar-refractivity contribution in [3.05, 3.63) is 52.5 Å². The summed E-state index contributed by atoms with van der Waals surface area (Å²) in [6.07, 6.45) is 1.26. The second-order valence-corrected chi connectivity index (χ2v) is 6.57. The Kier molecular flexibility index (Phi) is 4.57. The molecular formula is C18H19BrN2O2. The van der Waals surface area contributed by atoms with E-state index in [0.29, 0.717) is 12.3 Å². The number of anilines is 2. The van der Waals surface area contributed by atoms with Gasteiger partial charge in [0.1, 0.15) is 5.75 Å². The van der Waals surface area contributed by atoms with Crippen molar-refractivity contribution in [2.75, 3.05) is 17.2 Å². The van der Waals surface area contributed by atoms with E-state index in [-0.39, 0.29) is 5.91 Å². The van der Waals surface area contributed by atoms with Gasteiger partial charge in [-0.25, -0.2) is 0 Å². The van der Waals surface area contributed by atoms with E-state index in [4.69, 9.17) is 10.5 Å². The lowest BCUT2D eigenvalue weighted by Gasteiger charge is -2.32. The molecule has 0 bridgehead atoms. The maximum Gasteiger partial charge on any atom is 0.267 e. The van der Waals surface area contributed by atoms with E-state index in [2.05, 4.69) is 15.9 Å². The lowest BCUT2D eigenvalue weighted by molar-refractivity contribution is -0.124. The number of carbonyl (C=O) groups is 1. The topological polar surface area (TPSA) is 55.6 Å². The maximum absolute atomic E-state index is 12.8. The molecule has 0 aromatic heterocycles. The summed E-state index contributed by atoms with van der Waals surface area (Å²) in [6.45, 7) is 2.48. The first-order chi connectivity index (χ1) is 11.1. The smallest absolute Gasteiger partial charge is 0.267 e. The van der Waals surface area contributed by atoms with Crippen molar-refractivity contribution in [2.45, 2.75) is 25.9 Å². The van der Waals surface area contributed by atoms with Gasteiger partial charge in [-0.15, -0.1) is 0 Å². The van der Waals surface area contributed by atoms with Crippen LogP contribution in [0.1, 0.15) is 18.9 Å². The Morgan fingerprint density at radius 3 is 2.87 bits per heavy atom. The first-order valence-electron chi connectivity index (χ1n) is 7.67. The fraction of sp³-hybridized carbons (Fsp3) is 0.278. The Bertz CT molecular complexity index is 733. The first kappa shape index (κ1) is 15.9. The van der Waals surface area contributed by atoms with Gasteiger partial charge in [-0.3, -0.25) is 4.79 Å². The van der Waals surface area contributed by atoms with Gasteiger partial charge in [-0.2, -0.15) is 0 Å². The average molecular weight is 375 g/mol. The second-order valence-electron chi connectivity index (χ2n) is 5.66. The number of nitrogen functional groups attached to an aromatic ring is 1. The molecule has 1 aliphatic heterocycles. The number of rotatable bonds is 3. The summed E-state index contributed by atoms with van der Waals surface area (Å²) in [5, 5.41) is 0. The fourth-order valence-corrected chi connectivity index (χ4v) is 3.27. The zero-order valence-corrected chi connectivity index (χ0v) is 14.5. The molecule has 0 aliphatic carbocycles. The zero-order valence-electron chi connectivity index (χ0n) is 13.0. The number of nitrogens with two attached hydrogens (primary N) is 1. The van der Waals surface area contributed by atoms with E-state index in [0.717, 1.165) is 34.3 Å². The molecular weight excluding hydrogens is 356 g/mol. The van der Waals surface area contributed by atoms with Crippen molar-refractivity contribution in [3.8, 4) is 5.75 Å². The van der Waals surface area contributed by atoms with Gasteiger partial charge in [-0.05, 0) is 55.7 Å². The van der Waals surface area contributed by atoms with Gasteiger partial charge < -0.3 is 15.4 Å². The Morgan fingerprint density at radius 2 is 2.09 bits per heavy atom. The highest BCUT2D eigenvalue weighted by atomic mass is 79.9. The molecule has 2 N–H and O–H groups in total. The number of ether oxygens (including phenoxy) is 1. The van der Waals surface area contributed by atoms with Gasteiger partial charge in [-0.1, -0.05) is 28.1 Å². The van der Waals surface area contributed by atoms with Crippen molar-refractivity contribution in [2.24, 2.45) is 0 Å². The monoisotopic (exact) mass is 374 g/mol. The summed E-state index contributed by atoms with van der Waals surface area (Å²) in [5.74, 6) is 0.626. The van der Waals surface area contributed by atoms with Crippen LogP contribution in [0.3, 0.4) is 0 Å². The molecule has 0 radical (unpaired) electrons. The molecule has 0 saturated heterocycles. The molecule has 2 aromatic carbocycles. The minimum Gasteiger partial charge on any atom is -0.481 e. The van der Waals surface area contributed by atoms with Crippen LogP contribution < -0.4 is 15.4 Å². The van der Waals surface area contributed by atoms with E-state index < -0.39 is 6.10 Å². The molecule has 5 heteroatoms. The lowest BCUT2D eigenvalue weighted by atomic mass is 9.99. The minimum absolute atomic E-state index is 0.0449. The summed E-state index contributed by atoms with van der Waals surface area (Å²) in [7, 11) is 0. The zero-order chi connectivity index (χ0) is 16.4. The standard InChI is InChI=1S/C18H19BrN2O2/c1-12(23-14-6-2-5-13(19)11-14)18(22)21-10-4-7-15-16(20)8-3-9-17(15)21/h2-3,5-6,8-9,11-12H,4,7,10,20H2,1H3. The molecule has 0 saturated carbocycles. The Hall–Kier alpha value is -2.01. The van der Waals surface area contributed by atoms with E-state index in [1.54, 1.807) is 11.8 Å². The highest BCUT2D eigenvalue weighted by Crippen LogP contribution is 2.32.